The Kier molecular flexibility index (Phi) is 5.78. The first-order chi connectivity index (χ1) is 11.7. The van der Waals surface area contributed by atoms with Gasteiger partial charge in [-0.25, -0.2) is 4.98 Å². The number of halogens is 1. The summed E-state index contributed by atoms with van der Waals surface area (Å²) in [6.45, 7) is 5.31. The Morgan fingerprint density at radius 1 is 1.33 bits per heavy atom. The van der Waals surface area contributed by atoms with Crippen molar-refractivity contribution in [3.05, 3.63) is 11.6 Å². The summed E-state index contributed by atoms with van der Waals surface area (Å²) < 4.78 is 5.29. The Balaban J connectivity index is 1.39. The molecule has 9 nitrogen and oxygen atoms in total. The molecule has 1 amide bonds. The zero-order valence-electron chi connectivity index (χ0n) is 13.2. The van der Waals surface area contributed by atoms with Crippen molar-refractivity contribution in [2.24, 2.45) is 0 Å². The van der Waals surface area contributed by atoms with Crippen LogP contribution in [0.25, 0.3) is 11.2 Å². The van der Waals surface area contributed by atoms with Crippen molar-refractivity contribution in [3.8, 4) is 0 Å². The Labute approximate surface area is 144 Å². The second kappa shape index (κ2) is 8.22. The summed E-state index contributed by atoms with van der Waals surface area (Å²) >= 11 is 5.86. The van der Waals surface area contributed by atoms with E-state index in [1.807, 2.05) is 0 Å². The van der Waals surface area contributed by atoms with Crippen LogP contribution in [0.15, 0.2) is 6.33 Å². The van der Waals surface area contributed by atoms with Crippen LogP contribution in [-0.2, 0) is 9.53 Å². The molecule has 130 valence electrons. The van der Waals surface area contributed by atoms with Gasteiger partial charge in [0.05, 0.1) is 19.5 Å². The molecule has 10 heteroatoms. The zero-order valence-corrected chi connectivity index (χ0v) is 14.0. The molecule has 0 radical (unpaired) electrons. The molecule has 3 N–H and O–H groups in total. The second-order valence-corrected chi connectivity index (χ2v) is 5.76. The average Bonchev–Trinajstić information content (AvgIpc) is 3.04. The number of nitrogens with one attached hydrogen (secondary N) is 3. The number of aromatic nitrogens is 4. The Bertz CT molecular complexity index is 687. The van der Waals surface area contributed by atoms with Crippen molar-refractivity contribution < 1.29 is 9.53 Å². The molecule has 0 unspecified atom stereocenters. The number of anilines is 1. The van der Waals surface area contributed by atoms with Gasteiger partial charge in [0, 0.05) is 39.1 Å². The summed E-state index contributed by atoms with van der Waals surface area (Å²) in [4.78, 5) is 29.3. The minimum Gasteiger partial charge on any atom is -0.379 e. The van der Waals surface area contributed by atoms with Crippen LogP contribution in [-0.4, -0.2) is 76.7 Å². The van der Waals surface area contributed by atoms with Crippen LogP contribution >= 0.6 is 11.6 Å². The quantitative estimate of drug-likeness (QED) is 0.612. The summed E-state index contributed by atoms with van der Waals surface area (Å²) in [6.07, 6.45) is 1.87. The molecule has 0 spiro atoms. The molecule has 2 aromatic rings. The number of carbonyl (C=O) groups excluding carboxylic acids is 1. The predicted octanol–water partition coefficient (Wildman–Crippen LogP) is 0.257. The largest absolute Gasteiger partial charge is 0.379 e. The number of imidazole rings is 1. The Morgan fingerprint density at radius 2 is 2.17 bits per heavy atom. The lowest BCUT2D eigenvalue weighted by Gasteiger charge is -2.26. The molecule has 3 heterocycles. The molecule has 0 saturated carbocycles. The molecule has 0 atom stereocenters. The SMILES string of the molecule is O=C(CCNc1nc(Cl)nc2nc[nH]c12)NCCN1CCOCC1. The highest BCUT2D eigenvalue weighted by molar-refractivity contribution is 6.28. The highest BCUT2D eigenvalue weighted by Crippen LogP contribution is 2.18. The average molecular weight is 354 g/mol. The number of rotatable bonds is 7. The number of morpholine rings is 1. The standard InChI is InChI=1S/C14H20ClN7O2/c15-14-20-12(11-13(21-14)19-9-18-11)17-2-1-10(23)16-3-4-22-5-7-24-8-6-22/h9H,1-8H2,(H,16,23)(H2,17,18,19,20,21). The van der Waals surface area contributed by atoms with E-state index in [0.717, 1.165) is 32.8 Å². The molecule has 1 aliphatic heterocycles. The highest BCUT2D eigenvalue weighted by Gasteiger charge is 2.11. The van der Waals surface area contributed by atoms with Crippen LogP contribution in [0.5, 0.6) is 0 Å². The van der Waals surface area contributed by atoms with E-state index in [9.17, 15) is 4.79 Å². The maximum Gasteiger partial charge on any atom is 0.226 e. The fraction of sp³-hybridized carbons (Fsp3) is 0.571. The number of nitrogens with zero attached hydrogens (tertiary/aromatic N) is 4. The van der Waals surface area contributed by atoms with E-state index < -0.39 is 0 Å². The molecular weight excluding hydrogens is 334 g/mol. The molecular formula is C14H20ClN7O2. The first-order valence-corrected chi connectivity index (χ1v) is 8.27. The van der Waals surface area contributed by atoms with Crippen LogP contribution in [0.4, 0.5) is 5.82 Å². The number of ether oxygens (including phenoxy) is 1. The van der Waals surface area contributed by atoms with E-state index in [1.54, 1.807) is 0 Å². The second-order valence-electron chi connectivity index (χ2n) is 5.42. The summed E-state index contributed by atoms with van der Waals surface area (Å²) in [5, 5.41) is 6.13. The van der Waals surface area contributed by atoms with Gasteiger partial charge in [0.1, 0.15) is 5.52 Å². The van der Waals surface area contributed by atoms with E-state index in [1.165, 1.54) is 6.33 Å². The zero-order chi connectivity index (χ0) is 16.8. The molecule has 0 aromatic carbocycles. The molecule has 2 aromatic heterocycles. The van der Waals surface area contributed by atoms with E-state index in [-0.39, 0.29) is 11.2 Å². The number of hydrogen-bond donors (Lipinski definition) is 3. The molecule has 1 aliphatic rings. The van der Waals surface area contributed by atoms with Gasteiger partial charge in [-0.05, 0) is 11.6 Å². The van der Waals surface area contributed by atoms with Crippen LogP contribution in [0.3, 0.4) is 0 Å². The number of hydrogen-bond acceptors (Lipinski definition) is 7. The molecule has 1 fully saturated rings. The molecule has 24 heavy (non-hydrogen) atoms. The highest BCUT2D eigenvalue weighted by atomic mass is 35.5. The van der Waals surface area contributed by atoms with Gasteiger partial charge in [0.25, 0.3) is 0 Å². The Morgan fingerprint density at radius 3 is 3.00 bits per heavy atom. The smallest absolute Gasteiger partial charge is 0.226 e. The Hall–Kier alpha value is -1.97. The lowest BCUT2D eigenvalue weighted by molar-refractivity contribution is -0.120. The summed E-state index contributed by atoms with van der Waals surface area (Å²) in [5.74, 6) is 0.542. The third kappa shape index (κ3) is 4.53. The maximum atomic E-state index is 11.9. The van der Waals surface area contributed by atoms with Crippen LogP contribution < -0.4 is 10.6 Å². The van der Waals surface area contributed by atoms with Gasteiger partial charge in [-0.2, -0.15) is 9.97 Å². The first-order valence-electron chi connectivity index (χ1n) is 7.89. The minimum absolute atomic E-state index is 0.00299. The molecule has 3 rings (SSSR count). The van der Waals surface area contributed by atoms with Gasteiger partial charge in [0.2, 0.25) is 11.2 Å². The number of carbonyl (C=O) groups is 1. The fourth-order valence-electron chi connectivity index (χ4n) is 2.50. The molecule has 0 bridgehead atoms. The van der Waals surface area contributed by atoms with E-state index in [4.69, 9.17) is 16.3 Å². The van der Waals surface area contributed by atoms with Crippen molar-refractivity contribution in [3.63, 3.8) is 0 Å². The van der Waals surface area contributed by atoms with Gasteiger partial charge < -0.3 is 20.4 Å². The number of fused-ring (bicyclic) bond motifs is 1. The maximum absolute atomic E-state index is 11.9. The molecule has 0 aliphatic carbocycles. The summed E-state index contributed by atoms with van der Waals surface area (Å²) in [5.41, 5.74) is 1.17. The van der Waals surface area contributed by atoms with Crippen molar-refractivity contribution in [2.45, 2.75) is 6.42 Å². The normalized spacial score (nSPS) is 15.5. The van der Waals surface area contributed by atoms with Crippen LogP contribution in [0, 0.1) is 0 Å². The van der Waals surface area contributed by atoms with Crippen molar-refractivity contribution >= 4 is 34.5 Å². The summed E-state index contributed by atoms with van der Waals surface area (Å²) in [7, 11) is 0. The monoisotopic (exact) mass is 353 g/mol. The van der Waals surface area contributed by atoms with Crippen molar-refractivity contribution in [1.82, 2.24) is 30.2 Å². The van der Waals surface area contributed by atoms with Gasteiger partial charge in [-0.3, -0.25) is 9.69 Å². The third-order valence-electron chi connectivity index (χ3n) is 3.76. The van der Waals surface area contributed by atoms with Gasteiger partial charge in [-0.1, -0.05) is 0 Å². The fourth-order valence-corrected chi connectivity index (χ4v) is 2.66. The summed E-state index contributed by atoms with van der Waals surface area (Å²) in [6, 6.07) is 0. The first kappa shape index (κ1) is 16.9. The lowest BCUT2D eigenvalue weighted by Crippen LogP contribution is -2.41. The van der Waals surface area contributed by atoms with E-state index >= 15 is 0 Å². The van der Waals surface area contributed by atoms with Crippen molar-refractivity contribution in [1.29, 1.82) is 0 Å². The predicted molar refractivity (Wildman–Crippen MR) is 90.1 cm³/mol. The minimum atomic E-state index is -0.00299. The van der Waals surface area contributed by atoms with Crippen molar-refractivity contribution in [2.75, 3.05) is 51.3 Å². The lowest BCUT2D eigenvalue weighted by atomic mass is 10.3. The topological polar surface area (TPSA) is 108 Å². The number of H-pyrrole nitrogens is 1. The number of aromatic amines is 1. The van der Waals surface area contributed by atoms with Gasteiger partial charge in [-0.15, -0.1) is 0 Å². The van der Waals surface area contributed by atoms with E-state index in [0.29, 0.717) is 36.5 Å². The third-order valence-corrected chi connectivity index (χ3v) is 3.93. The van der Waals surface area contributed by atoms with Crippen LogP contribution in [0.2, 0.25) is 5.28 Å². The number of amides is 1. The van der Waals surface area contributed by atoms with Crippen LogP contribution in [0.1, 0.15) is 6.42 Å². The van der Waals surface area contributed by atoms with Gasteiger partial charge in [0.15, 0.2) is 11.5 Å². The molecule has 1 saturated heterocycles. The van der Waals surface area contributed by atoms with E-state index in [2.05, 4.69) is 35.5 Å². The van der Waals surface area contributed by atoms with Gasteiger partial charge >= 0.3 is 0 Å².